The maximum atomic E-state index is 3.22. The number of thiophene rings is 1. The Kier molecular flexibility index (Phi) is 4.00. The van der Waals surface area contributed by atoms with E-state index in [1.165, 1.54) is 34.7 Å². The third-order valence-corrected chi connectivity index (χ3v) is 4.22. The van der Waals surface area contributed by atoms with Gasteiger partial charge in [0.2, 0.25) is 0 Å². The minimum Gasteiger partial charge on any atom is -0.315 e. The first-order valence-corrected chi connectivity index (χ1v) is 6.92. The van der Waals surface area contributed by atoms with Crippen LogP contribution in [0.15, 0.2) is 6.07 Å². The molecule has 2 nitrogen and oxygen atoms in total. The summed E-state index contributed by atoms with van der Waals surface area (Å²) < 4.78 is 0. The number of hydrogen-bond donors (Lipinski definition) is 1. The lowest BCUT2D eigenvalue weighted by molar-refractivity contribution is 0.313. The van der Waals surface area contributed by atoms with Crippen LogP contribution in [0.2, 0.25) is 0 Å². The predicted octanol–water partition coefficient (Wildman–Crippen LogP) is 2.62. The van der Waals surface area contributed by atoms with Crippen LogP contribution < -0.4 is 5.32 Å². The van der Waals surface area contributed by atoms with Gasteiger partial charge in [0.15, 0.2) is 0 Å². The molecule has 0 bridgehead atoms. The summed E-state index contributed by atoms with van der Waals surface area (Å²) in [5.41, 5.74) is 1.51. The highest BCUT2D eigenvalue weighted by Gasteiger charge is 2.23. The van der Waals surface area contributed by atoms with Crippen LogP contribution in [-0.2, 0) is 13.1 Å². The molecule has 0 spiro atoms. The first kappa shape index (κ1) is 12.1. The molecule has 0 unspecified atom stereocenters. The van der Waals surface area contributed by atoms with Gasteiger partial charge in [-0.3, -0.25) is 0 Å². The quantitative estimate of drug-likeness (QED) is 0.819. The van der Waals surface area contributed by atoms with Crippen molar-refractivity contribution >= 4 is 11.3 Å². The summed E-state index contributed by atoms with van der Waals surface area (Å²) in [7, 11) is 4.25. The van der Waals surface area contributed by atoms with Gasteiger partial charge in [0.25, 0.3) is 0 Å². The molecule has 0 aromatic carbocycles. The van der Waals surface area contributed by atoms with Crippen molar-refractivity contribution in [2.75, 3.05) is 20.6 Å². The first-order valence-electron chi connectivity index (χ1n) is 6.10. The highest BCUT2D eigenvalue weighted by Crippen LogP contribution is 2.30. The fourth-order valence-electron chi connectivity index (χ4n) is 2.10. The molecule has 1 aromatic heterocycles. The molecule has 0 aliphatic heterocycles. The molecule has 1 saturated carbocycles. The van der Waals surface area contributed by atoms with E-state index in [2.05, 4.69) is 30.3 Å². The normalized spacial score (nSPS) is 16.0. The minimum absolute atomic E-state index is 0.987. The highest BCUT2D eigenvalue weighted by molar-refractivity contribution is 7.12. The van der Waals surface area contributed by atoms with Crippen molar-refractivity contribution < 1.29 is 0 Å². The third-order valence-electron chi connectivity index (χ3n) is 3.13. The Morgan fingerprint density at radius 1 is 1.50 bits per heavy atom. The highest BCUT2D eigenvalue weighted by atomic mass is 32.1. The Morgan fingerprint density at radius 3 is 2.88 bits per heavy atom. The summed E-state index contributed by atoms with van der Waals surface area (Å²) in [4.78, 5) is 5.40. The van der Waals surface area contributed by atoms with Gasteiger partial charge in [-0.05, 0) is 51.4 Å². The van der Waals surface area contributed by atoms with Crippen molar-refractivity contribution in [2.24, 2.45) is 5.92 Å². The summed E-state index contributed by atoms with van der Waals surface area (Å²) in [6.07, 6.45) is 2.88. The molecule has 1 aliphatic rings. The summed E-state index contributed by atoms with van der Waals surface area (Å²) in [5, 5.41) is 3.22. The molecular formula is C13H22N2S. The third kappa shape index (κ3) is 3.30. The van der Waals surface area contributed by atoms with Gasteiger partial charge in [-0.1, -0.05) is 0 Å². The Bertz CT molecular complexity index is 342. The van der Waals surface area contributed by atoms with Crippen LogP contribution in [-0.4, -0.2) is 25.5 Å². The number of aryl methyl sites for hydroxylation is 1. The van der Waals surface area contributed by atoms with Crippen LogP contribution in [0.1, 0.15) is 28.2 Å². The maximum absolute atomic E-state index is 3.22. The van der Waals surface area contributed by atoms with Gasteiger partial charge in [0.1, 0.15) is 0 Å². The largest absolute Gasteiger partial charge is 0.315 e. The Hall–Kier alpha value is -0.380. The van der Waals surface area contributed by atoms with Gasteiger partial charge >= 0.3 is 0 Å². The number of rotatable bonds is 6. The van der Waals surface area contributed by atoms with Gasteiger partial charge in [-0.25, -0.2) is 0 Å². The standard InChI is InChI=1S/C13H22N2S/c1-10-12(6-13(16-10)7-14-2)9-15(3)8-11-4-5-11/h6,11,14H,4-5,7-9H2,1-3H3. The van der Waals surface area contributed by atoms with Gasteiger partial charge in [-0.2, -0.15) is 0 Å². The number of nitrogens with one attached hydrogen (secondary N) is 1. The molecule has 1 fully saturated rings. The molecule has 3 heteroatoms. The summed E-state index contributed by atoms with van der Waals surface area (Å²) in [6, 6.07) is 2.36. The van der Waals surface area contributed by atoms with Crippen molar-refractivity contribution in [2.45, 2.75) is 32.9 Å². The number of hydrogen-bond acceptors (Lipinski definition) is 3. The van der Waals surface area contributed by atoms with E-state index in [4.69, 9.17) is 0 Å². The fraction of sp³-hybridized carbons (Fsp3) is 0.692. The van der Waals surface area contributed by atoms with E-state index in [1.807, 2.05) is 18.4 Å². The van der Waals surface area contributed by atoms with E-state index in [9.17, 15) is 0 Å². The van der Waals surface area contributed by atoms with E-state index in [0.717, 1.165) is 19.0 Å². The van der Waals surface area contributed by atoms with Crippen LogP contribution in [0.4, 0.5) is 0 Å². The predicted molar refractivity (Wildman–Crippen MR) is 70.9 cm³/mol. The molecular weight excluding hydrogens is 216 g/mol. The lowest BCUT2D eigenvalue weighted by Crippen LogP contribution is -2.20. The molecule has 1 aromatic rings. The zero-order valence-corrected chi connectivity index (χ0v) is 11.4. The second-order valence-electron chi connectivity index (χ2n) is 4.96. The molecule has 90 valence electrons. The van der Waals surface area contributed by atoms with Crippen LogP contribution in [0.25, 0.3) is 0 Å². The Labute approximate surface area is 103 Å². The average molecular weight is 238 g/mol. The second kappa shape index (κ2) is 5.30. The Balaban J connectivity index is 1.91. The summed E-state index contributed by atoms with van der Waals surface area (Å²) >= 11 is 1.93. The Morgan fingerprint density at radius 2 is 2.25 bits per heavy atom. The minimum atomic E-state index is 0.987. The second-order valence-corrected chi connectivity index (χ2v) is 6.31. The molecule has 2 rings (SSSR count). The molecule has 1 aliphatic carbocycles. The van der Waals surface area contributed by atoms with Gasteiger partial charge in [0.05, 0.1) is 0 Å². The zero-order chi connectivity index (χ0) is 11.5. The monoisotopic (exact) mass is 238 g/mol. The van der Waals surface area contributed by atoms with Crippen molar-refractivity contribution in [3.8, 4) is 0 Å². The summed E-state index contributed by atoms with van der Waals surface area (Å²) in [6.45, 7) is 5.63. The first-order chi connectivity index (χ1) is 7.69. The molecule has 1 heterocycles. The molecule has 16 heavy (non-hydrogen) atoms. The lowest BCUT2D eigenvalue weighted by atomic mass is 10.2. The molecule has 1 N–H and O–H groups in total. The van der Waals surface area contributed by atoms with Crippen LogP contribution in [0.3, 0.4) is 0 Å². The molecule has 0 atom stereocenters. The van der Waals surface area contributed by atoms with Crippen molar-refractivity contribution in [3.05, 3.63) is 21.4 Å². The van der Waals surface area contributed by atoms with E-state index in [0.29, 0.717) is 0 Å². The van der Waals surface area contributed by atoms with Gasteiger partial charge < -0.3 is 10.2 Å². The van der Waals surface area contributed by atoms with Crippen molar-refractivity contribution in [1.82, 2.24) is 10.2 Å². The lowest BCUT2D eigenvalue weighted by Gasteiger charge is -2.15. The summed E-state index contributed by atoms with van der Waals surface area (Å²) in [5.74, 6) is 0.987. The topological polar surface area (TPSA) is 15.3 Å². The van der Waals surface area contributed by atoms with Crippen molar-refractivity contribution in [3.63, 3.8) is 0 Å². The van der Waals surface area contributed by atoms with Crippen LogP contribution in [0.5, 0.6) is 0 Å². The van der Waals surface area contributed by atoms with Crippen molar-refractivity contribution in [1.29, 1.82) is 0 Å². The van der Waals surface area contributed by atoms with E-state index in [-0.39, 0.29) is 0 Å². The van der Waals surface area contributed by atoms with E-state index < -0.39 is 0 Å². The van der Waals surface area contributed by atoms with E-state index in [1.54, 1.807) is 0 Å². The van der Waals surface area contributed by atoms with Crippen LogP contribution >= 0.6 is 11.3 Å². The average Bonchev–Trinajstić information content (AvgIpc) is 2.94. The maximum Gasteiger partial charge on any atom is 0.0296 e. The smallest absolute Gasteiger partial charge is 0.0296 e. The van der Waals surface area contributed by atoms with Gasteiger partial charge in [-0.15, -0.1) is 11.3 Å². The SMILES string of the molecule is CNCc1cc(CN(C)CC2CC2)c(C)s1. The molecule has 0 saturated heterocycles. The van der Waals surface area contributed by atoms with E-state index >= 15 is 0 Å². The molecule has 0 radical (unpaired) electrons. The van der Waals surface area contributed by atoms with Crippen LogP contribution in [0, 0.1) is 12.8 Å². The van der Waals surface area contributed by atoms with Gasteiger partial charge in [0, 0.05) is 29.4 Å². The molecule has 0 amide bonds. The fourth-order valence-corrected chi connectivity index (χ4v) is 3.17. The zero-order valence-electron chi connectivity index (χ0n) is 10.5. The number of nitrogens with zero attached hydrogens (tertiary/aromatic N) is 1.